The molecule has 0 radical (unpaired) electrons. The lowest BCUT2D eigenvalue weighted by molar-refractivity contribution is 0.240. The zero-order valence-corrected chi connectivity index (χ0v) is 20.4. The van der Waals surface area contributed by atoms with Gasteiger partial charge in [0.1, 0.15) is 24.6 Å². The van der Waals surface area contributed by atoms with Crippen molar-refractivity contribution in [2.75, 3.05) is 11.6 Å². The Hall–Kier alpha value is -4.18. The number of aromatic amines is 1. The number of anilines is 1. The Labute approximate surface area is 209 Å². The van der Waals surface area contributed by atoms with Crippen LogP contribution in [0.4, 0.5) is 5.82 Å². The van der Waals surface area contributed by atoms with E-state index < -0.39 is 9.84 Å². The first-order valence-corrected chi connectivity index (χ1v) is 13.3. The Balaban J connectivity index is 1.42. The van der Waals surface area contributed by atoms with Gasteiger partial charge in [0, 0.05) is 18.0 Å². The molecule has 2 aromatic heterocycles. The minimum atomic E-state index is -3.28. The van der Waals surface area contributed by atoms with Gasteiger partial charge in [-0.05, 0) is 55.7 Å². The smallest absolute Gasteiger partial charge is 0.181 e. The van der Waals surface area contributed by atoms with Gasteiger partial charge >= 0.3 is 0 Å². The normalized spacial score (nSPS) is 15.9. The van der Waals surface area contributed by atoms with Gasteiger partial charge in [0.2, 0.25) is 0 Å². The number of pyridine rings is 1. The summed E-state index contributed by atoms with van der Waals surface area (Å²) in [6, 6.07) is 9.99. The summed E-state index contributed by atoms with van der Waals surface area (Å²) in [6.45, 7) is 0. The Bertz CT molecular complexity index is 1470. The zero-order valence-electron chi connectivity index (χ0n) is 19.6. The number of allylic oxidation sites excluding steroid dienone is 3. The van der Waals surface area contributed by atoms with E-state index in [-0.39, 0.29) is 10.9 Å². The highest BCUT2D eigenvalue weighted by molar-refractivity contribution is 7.90. The van der Waals surface area contributed by atoms with Crippen LogP contribution in [0, 0.1) is 0 Å². The van der Waals surface area contributed by atoms with Crippen molar-refractivity contribution >= 4 is 15.7 Å². The summed E-state index contributed by atoms with van der Waals surface area (Å²) in [4.78, 5) is 9.45. The molecule has 10 heteroatoms. The molecule has 36 heavy (non-hydrogen) atoms. The number of ether oxygens (including phenoxy) is 2. The first-order chi connectivity index (χ1) is 17.5. The van der Waals surface area contributed by atoms with Crippen molar-refractivity contribution in [3.8, 4) is 22.8 Å². The second-order valence-corrected chi connectivity index (χ2v) is 10.5. The topological polar surface area (TPSA) is 119 Å². The third-order valence-electron chi connectivity index (χ3n) is 5.83. The number of nitrogens with zero attached hydrogens (tertiary/aromatic N) is 3. The van der Waals surface area contributed by atoms with Crippen molar-refractivity contribution in [1.29, 1.82) is 0 Å². The first-order valence-electron chi connectivity index (χ1n) is 11.4. The predicted octanol–water partition coefficient (Wildman–Crippen LogP) is 4.74. The molecule has 9 nitrogen and oxygen atoms in total. The molecular weight excluding hydrogens is 478 g/mol. The molecule has 1 aliphatic heterocycles. The second kappa shape index (κ2) is 10.2. The third-order valence-corrected chi connectivity index (χ3v) is 6.96. The van der Waals surface area contributed by atoms with Gasteiger partial charge in [0.15, 0.2) is 27.2 Å². The van der Waals surface area contributed by atoms with Crippen LogP contribution in [-0.2, 0) is 19.3 Å². The molecule has 184 valence electrons. The molecule has 1 atom stereocenters. The molecule has 0 saturated carbocycles. The number of hydrogen-bond donors (Lipinski definition) is 2. The van der Waals surface area contributed by atoms with Crippen LogP contribution in [0.25, 0.3) is 22.8 Å². The molecular formula is C26H25N5O4S. The summed E-state index contributed by atoms with van der Waals surface area (Å²) in [5.74, 6) is 2.24. The van der Waals surface area contributed by atoms with Gasteiger partial charge in [-0.2, -0.15) is 5.10 Å². The van der Waals surface area contributed by atoms with Gasteiger partial charge in [0.25, 0.3) is 0 Å². The summed E-state index contributed by atoms with van der Waals surface area (Å²) >= 11 is 0. The quantitative estimate of drug-likeness (QED) is 0.452. The molecule has 3 heterocycles. The van der Waals surface area contributed by atoms with E-state index in [0.29, 0.717) is 28.8 Å². The van der Waals surface area contributed by atoms with Crippen LogP contribution in [0.3, 0.4) is 0 Å². The largest absolute Gasteiger partial charge is 0.466 e. The number of aromatic nitrogens is 4. The molecule has 0 saturated heterocycles. The number of nitrogens with one attached hydrogen (secondary N) is 2. The Morgan fingerprint density at radius 2 is 2.03 bits per heavy atom. The summed E-state index contributed by atoms with van der Waals surface area (Å²) < 4.78 is 34.6. The minimum Gasteiger partial charge on any atom is -0.466 e. The van der Waals surface area contributed by atoms with Crippen LogP contribution >= 0.6 is 0 Å². The number of rotatable bonds is 8. The zero-order chi connectivity index (χ0) is 25.0. The van der Waals surface area contributed by atoms with Crippen molar-refractivity contribution < 1.29 is 17.9 Å². The second-order valence-electron chi connectivity index (χ2n) is 8.44. The maximum absolute atomic E-state index is 11.8. The fourth-order valence-electron chi connectivity index (χ4n) is 3.98. The number of hydrogen-bond acceptors (Lipinski definition) is 8. The maximum atomic E-state index is 11.8. The minimum absolute atomic E-state index is 0.215. The van der Waals surface area contributed by atoms with E-state index in [1.807, 2.05) is 12.1 Å². The molecule has 1 aromatic carbocycles. The Morgan fingerprint density at radius 1 is 1.17 bits per heavy atom. The molecule has 1 unspecified atom stereocenters. The molecule has 3 aromatic rings. The molecule has 0 spiro atoms. The third kappa shape index (κ3) is 5.38. The van der Waals surface area contributed by atoms with Crippen molar-refractivity contribution in [1.82, 2.24) is 20.2 Å². The molecule has 2 N–H and O–H groups in total. The molecule has 0 bridgehead atoms. The molecule has 1 aliphatic carbocycles. The van der Waals surface area contributed by atoms with Crippen LogP contribution < -0.4 is 5.32 Å². The van der Waals surface area contributed by atoms with Crippen LogP contribution in [-0.4, -0.2) is 40.9 Å². The average molecular weight is 504 g/mol. The van der Waals surface area contributed by atoms with Gasteiger partial charge in [-0.25, -0.2) is 18.4 Å². The van der Waals surface area contributed by atoms with Gasteiger partial charge in [-0.15, -0.1) is 0 Å². The fraction of sp³-hybridized carbons (Fsp3) is 0.192. The average Bonchev–Trinajstić information content (AvgIpc) is 3.40. The van der Waals surface area contributed by atoms with E-state index in [4.69, 9.17) is 9.47 Å². The summed E-state index contributed by atoms with van der Waals surface area (Å²) in [5, 5.41) is 10.8. The number of benzene rings is 1. The summed E-state index contributed by atoms with van der Waals surface area (Å²) in [6.07, 6.45) is 16.5. The van der Waals surface area contributed by atoms with E-state index in [2.05, 4.69) is 43.7 Å². The van der Waals surface area contributed by atoms with E-state index >= 15 is 0 Å². The SMILES string of the molecule is CS(=O)(=O)c1ccc(-c2n[nH]c(-c3cccnc3NC(CC3=CC=CCC3)C3=COC=CO3)n2)cc1. The standard InChI is InChI=1S/C26H25N5O4S/c1-36(32,33)20-11-9-19(10-12-20)24-29-26(31-30-24)21-8-5-13-27-25(21)28-22(23-17-34-14-15-35-23)16-18-6-3-2-4-7-18/h2-3,5-6,8-15,17,22H,4,7,16H2,1H3,(H,27,28)(H,29,30,31). The number of sulfone groups is 1. The Morgan fingerprint density at radius 3 is 2.75 bits per heavy atom. The highest BCUT2D eigenvalue weighted by atomic mass is 32.2. The highest BCUT2D eigenvalue weighted by Gasteiger charge is 2.23. The van der Waals surface area contributed by atoms with Gasteiger partial charge in [-0.3, -0.25) is 5.10 Å². The fourth-order valence-corrected chi connectivity index (χ4v) is 4.61. The lowest BCUT2D eigenvalue weighted by Crippen LogP contribution is -2.25. The van der Waals surface area contributed by atoms with Gasteiger partial charge in [-0.1, -0.05) is 23.8 Å². The van der Waals surface area contributed by atoms with E-state index in [0.717, 1.165) is 24.8 Å². The van der Waals surface area contributed by atoms with Gasteiger partial charge in [0.05, 0.1) is 16.5 Å². The van der Waals surface area contributed by atoms with Crippen LogP contribution in [0.1, 0.15) is 19.3 Å². The number of H-pyrrole nitrogens is 1. The molecule has 2 aliphatic rings. The van der Waals surface area contributed by atoms with Crippen LogP contribution in [0.15, 0.2) is 95.8 Å². The van der Waals surface area contributed by atoms with E-state index in [9.17, 15) is 8.42 Å². The van der Waals surface area contributed by atoms with Crippen molar-refractivity contribution in [2.24, 2.45) is 0 Å². The van der Waals surface area contributed by atoms with Crippen molar-refractivity contribution in [2.45, 2.75) is 30.2 Å². The Kier molecular flexibility index (Phi) is 6.68. The van der Waals surface area contributed by atoms with Crippen molar-refractivity contribution in [3.05, 3.63) is 90.9 Å². The lowest BCUT2D eigenvalue weighted by Gasteiger charge is -2.24. The predicted molar refractivity (Wildman–Crippen MR) is 136 cm³/mol. The maximum Gasteiger partial charge on any atom is 0.181 e. The van der Waals surface area contributed by atoms with Crippen LogP contribution in [0.2, 0.25) is 0 Å². The van der Waals surface area contributed by atoms with Gasteiger partial charge < -0.3 is 14.8 Å². The van der Waals surface area contributed by atoms with Crippen LogP contribution in [0.5, 0.6) is 0 Å². The molecule has 0 fully saturated rings. The van der Waals surface area contributed by atoms with E-state index in [1.54, 1.807) is 36.7 Å². The van der Waals surface area contributed by atoms with Crippen molar-refractivity contribution in [3.63, 3.8) is 0 Å². The summed E-state index contributed by atoms with van der Waals surface area (Å²) in [5.41, 5.74) is 2.73. The first kappa shape index (κ1) is 23.6. The molecule has 5 rings (SSSR count). The van der Waals surface area contributed by atoms with E-state index in [1.165, 1.54) is 24.4 Å². The molecule has 0 amide bonds. The monoisotopic (exact) mass is 503 g/mol. The highest BCUT2D eigenvalue weighted by Crippen LogP contribution is 2.30. The lowest BCUT2D eigenvalue weighted by atomic mass is 9.97. The summed E-state index contributed by atoms with van der Waals surface area (Å²) in [7, 11) is -3.28.